The van der Waals surface area contributed by atoms with Crippen molar-refractivity contribution in [3.8, 4) is 0 Å². The van der Waals surface area contributed by atoms with Gasteiger partial charge in [-0.3, -0.25) is 4.79 Å². The molecule has 0 saturated heterocycles. The molecule has 1 aromatic rings. The van der Waals surface area contributed by atoms with Crippen molar-refractivity contribution in [3.05, 3.63) is 33.8 Å². The summed E-state index contributed by atoms with van der Waals surface area (Å²) >= 11 is 11.7. The maximum atomic E-state index is 12.0. The third kappa shape index (κ3) is 4.30. The van der Waals surface area contributed by atoms with E-state index in [1.165, 1.54) is 0 Å². The third-order valence-corrected chi connectivity index (χ3v) is 3.29. The van der Waals surface area contributed by atoms with Crippen LogP contribution in [-0.2, 0) is 4.74 Å². The summed E-state index contributed by atoms with van der Waals surface area (Å²) in [5.41, 5.74) is 0.220. The Balaban J connectivity index is 2.71. The van der Waals surface area contributed by atoms with E-state index >= 15 is 0 Å². The van der Waals surface area contributed by atoms with E-state index in [0.29, 0.717) is 28.5 Å². The van der Waals surface area contributed by atoms with E-state index in [1.807, 2.05) is 13.8 Å². The van der Waals surface area contributed by atoms with Gasteiger partial charge in [-0.15, -0.1) is 0 Å². The van der Waals surface area contributed by atoms with Gasteiger partial charge in [0, 0.05) is 24.1 Å². The molecule has 0 saturated carbocycles. The molecule has 0 aliphatic carbocycles. The Morgan fingerprint density at radius 1 is 1.35 bits per heavy atom. The van der Waals surface area contributed by atoms with Crippen molar-refractivity contribution in [3.63, 3.8) is 0 Å². The number of carbonyl (C=O) groups is 1. The summed E-state index contributed by atoms with van der Waals surface area (Å²) in [6.07, 6.45) is 1.06. The van der Waals surface area contributed by atoms with Crippen LogP contribution in [0.15, 0.2) is 18.2 Å². The second-order valence-electron chi connectivity index (χ2n) is 4.51. The highest BCUT2D eigenvalue weighted by atomic mass is 35.5. The molecule has 2 nitrogen and oxygen atoms in total. The Hall–Kier alpha value is -0.570. The molecule has 0 bridgehead atoms. The van der Waals surface area contributed by atoms with Gasteiger partial charge < -0.3 is 4.74 Å². The summed E-state index contributed by atoms with van der Waals surface area (Å²) < 4.78 is 5.27. The van der Waals surface area contributed by atoms with Crippen LogP contribution >= 0.6 is 23.2 Å². The molecule has 0 amide bonds. The zero-order valence-corrected chi connectivity index (χ0v) is 11.7. The van der Waals surface area contributed by atoms with Crippen molar-refractivity contribution in [1.29, 1.82) is 0 Å². The standard InChI is InChI=1S/C13H16Cl2O2/c1-13(2,17-3)7-6-12(16)10-5-4-9(14)8-11(10)15/h4-5,8H,6-7H2,1-3H3. The average molecular weight is 275 g/mol. The van der Waals surface area contributed by atoms with Gasteiger partial charge in [0.05, 0.1) is 10.6 Å². The molecular formula is C13H16Cl2O2. The first-order valence-electron chi connectivity index (χ1n) is 5.39. The molecule has 94 valence electrons. The topological polar surface area (TPSA) is 26.3 Å². The molecule has 0 spiro atoms. The van der Waals surface area contributed by atoms with E-state index in [1.54, 1.807) is 25.3 Å². The molecule has 0 N–H and O–H groups in total. The van der Waals surface area contributed by atoms with Crippen LogP contribution in [0.3, 0.4) is 0 Å². The lowest BCUT2D eigenvalue weighted by Gasteiger charge is -2.22. The van der Waals surface area contributed by atoms with Crippen LogP contribution in [0.1, 0.15) is 37.0 Å². The summed E-state index contributed by atoms with van der Waals surface area (Å²) in [5, 5.41) is 0.932. The van der Waals surface area contributed by atoms with Crippen molar-refractivity contribution in [1.82, 2.24) is 0 Å². The Kier molecular flexibility index (Phi) is 4.99. The highest BCUT2D eigenvalue weighted by Gasteiger charge is 2.19. The third-order valence-electron chi connectivity index (χ3n) is 2.74. The molecule has 1 aromatic carbocycles. The van der Waals surface area contributed by atoms with Crippen LogP contribution in [0.5, 0.6) is 0 Å². The van der Waals surface area contributed by atoms with Gasteiger partial charge in [0.25, 0.3) is 0 Å². The van der Waals surface area contributed by atoms with Gasteiger partial charge in [0.1, 0.15) is 0 Å². The van der Waals surface area contributed by atoms with Crippen LogP contribution in [0.4, 0.5) is 0 Å². The van der Waals surface area contributed by atoms with Crippen LogP contribution in [-0.4, -0.2) is 18.5 Å². The second-order valence-corrected chi connectivity index (χ2v) is 5.35. The first kappa shape index (κ1) is 14.5. The van der Waals surface area contributed by atoms with Gasteiger partial charge in [0.15, 0.2) is 5.78 Å². The van der Waals surface area contributed by atoms with Crippen molar-refractivity contribution in [2.45, 2.75) is 32.3 Å². The lowest BCUT2D eigenvalue weighted by atomic mass is 9.98. The number of benzene rings is 1. The highest BCUT2D eigenvalue weighted by molar-refractivity contribution is 6.36. The first-order valence-corrected chi connectivity index (χ1v) is 6.15. The van der Waals surface area contributed by atoms with Gasteiger partial charge in [-0.25, -0.2) is 0 Å². The van der Waals surface area contributed by atoms with E-state index in [2.05, 4.69) is 0 Å². The normalized spacial score (nSPS) is 11.6. The van der Waals surface area contributed by atoms with Gasteiger partial charge in [0.2, 0.25) is 0 Å². The first-order chi connectivity index (χ1) is 7.85. The minimum Gasteiger partial charge on any atom is -0.379 e. The zero-order chi connectivity index (χ0) is 13.1. The molecule has 0 fully saturated rings. The monoisotopic (exact) mass is 274 g/mol. The van der Waals surface area contributed by atoms with Crippen LogP contribution in [0, 0.1) is 0 Å². The van der Waals surface area contributed by atoms with Crippen LogP contribution in [0.2, 0.25) is 10.0 Å². The van der Waals surface area contributed by atoms with E-state index in [-0.39, 0.29) is 11.4 Å². The van der Waals surface area contributed by atoms with Gasteiger partial charge in [-0.2, -0.15) is 0 Å². The van der Waals surface area contributed by atoms with Crippen molar-refractivity contribution < 1.29 is 9.53 Å². The summed E-state index contributed by atoms with van der Waals surface area (Å²) in [6, 6.07) is 4.91. The molecule has 0 heterocycles. The molecule has 0 radical (unpaired) electrons. The van der Waals surface area contributed by atoms with Crippen molar-refractivity contribution in [2.24, 2.45) is 0 Å². The minimum atomic E-state index is -0.297. The van der Waals surface area contributed by atoms with Crippen LogP contribution < -0.4 is 0 Å². The molecule has 17 heavy (non-hydrogen) atoms. The molecule has 0 aliphatic rings. The van der Waals surface area contributed by atoms with Crippen molar-refractivity contribution in [2.75, 3.05) is 7.11 Å². The Labute approximate surface area is 112 Å². The van der Waals surface area contributed by atoms with E-state index < -0.39 is 0 Å². The second kappa shape index (κ2) is 5.85. The Bertz CT molecular complexity index is 414. The molecule has 0 unspecified atom stereocenters. The number of Topliss-reactive ketones (excluding diaryl/α,β-unsaturated/α-hetero) is 1. The molecule has 4 heteroatoms. The van der Waals surface area contributed by atoms with Gasteiger partial charge in [-0.1, -0.05) is 23.2 Å². The molecular weight excluding hydrogens is 259 g/mol. The fourth-order valence-corrected chi connectivity index (χ4v) is 1.88. The number of rotatable bonds is 5. The minimum absolute atomic E-state index is 0.0109. The number of methoxy groups -OCH3 is 1. The number of hydrogen-bond acceptors (Lipinski definition) is 2. The highest BCUT2D eigenvalue weighted by Crippen LogP contribution is 2.24. The maximum Gasteiger partial charge on any atom is 0.164 e. The van der Waals surface area contributed by atoms with Gasteiger partial charge >= 0.3 is 0 Å². The summed E-state index contributed by atoms with van der Waals surface area (Å²) in [6.45, 7) is 3.90. The quantitative estimate of drug-likeness (QED) is 0.745. The summed E-state index contributed by atoms with van der Waals surface area (Å²) in [7, 11) is 1.64. The predicted molar refractivity (Wildman–Crippen MR) is 71.1 cm³/mol. The smallest absolute Gasteiger partial charge is 0.164 e. The van der Waals surface area contributed by atoms with E-state index in [9.17, 15) is 4.79 Å². The summed E-state index contributed by atoms with van der Waals surface area (Å²) in [5.74, 6) is 0.0109. The average Bonchev–Trinajstić information content (AvgIpc) is 2.26. The van der Waals surface area contributed by atoms with E-state index in [0.717, 1.165) is 0 Å². The fourth-order valence-electron chi connectivity index (χ4n) is 1.37. The van der Waals surface area contributed by atoms with Gasteiger partial charge in [-0.05, 0) is 38.5 Å². The lowest BCUT2D eigenvalue weighted by Crippen LogP contribution is -2.23. The lowest BCUT2D eigenvalue weighted by molar-refractivity contribution is 0.0141. The predicted octanol–water partition coefficient (Wildman–Crippen LogP) is 4.38. The molecule has 1 rings (SSSR count). The largest absolute Gasteiger partial charge is 0.379 e. The number of ketones is 1. The molecule has 0 atom stereocenters. The number of carbonyl (C=O) groups excluding carboxylic acids is 1. The SMILES string of the molecule is COC(C)(C)CCC(=O)c1ccc(Cl)cc1Cl. The maximum absolute atomic E-state index is 12.0. The number of hydrogen-bond donors (Lipinski definition) is 0. The Morgan fingerprint density at radius 3 is 2.53 bits per heavy atom. The van der Waals surface area contributed by atoms with E-state index in [4.69, 9.17) is 27.9 Å². The van der Waals surface area contributed by atoms with Crippen molar-refractivity contribution >= 4 is 29.0 Å². The fraction of sp³-hybridized carbons (Fsp3) is 0.462. The Morgan fingerprint density at radius 2 is 2.00 bits per heavy atom. The molecule has 0 aliphatic heterocycles. The number of ether oxygens (including phenoxy) is 1. The zero-order valence-electron chi connectivity index (χ0n) is 10.2. The summed E-state index contributed by atoms with van der Waals surface area (Å²) in [4.78, 5) is 12.0. The number of halogens is 2. The van der Waals surface area contributed by atoms with Crippen LogP contribution in [0.25, 0.3) is 0 Å². The molecule has 0 aromatic heterocycles.